The van der Waals surface area contributed by atoms with Crippen LogP contribution in [0.3, 0.4) is 0 Å². The fourth-order valence-corrected chi connectivity index (χ4v) is 3.04. The predicted octanol–water partition coefficient (Wildman–Crippen LogP) is 3.27. The Labute approximate surface area is 112 Å². The first kappa shape index (κ1) is 13.1. The van der Waals surface area contributed by atoms with E-state index in [0.717, 1.165) is 22.0 Å². The van der Waals surface area contributed by atoms with E-state index in [4.69, 9.17) is 4.99 Å². The molecule has 0 N–H and O–H groups in total. The minimum absolute atomic E-state index is 0.153. The molecule has 0 saturated carbocycles. The van der Waals surface area contributed by atoms with E-state index in [1.165, 1.54) is 11.8 Å². The molecule has 2 rings (SSSR count). The van der Waals surface area contributed by atoms with Crippen molar-refractivity contribution in [3.05, 3.63) is 29.3 Å². The monoisotopic (exact) mass is 262 g/mol. The molecule has 1 aromatic carbocycles. The van der Waals surface area contributed by atoms with Crippen molar-refractivity contribution in [3.8, 4) is 0 Å². The maximum absolute atomic E-state index is 11.8. The molecule has 4 heteroatoms. The fraction of sp³-hybridized carbons (Fsp3) is 0.429. The molecule has 1 aromatic rings. The van der Waals surface area contributed by atoms with Gasteiger partial charge in [0.15, 0.2) is 5.17 Å². The molecule has 0 atom stereocenters. The molecule has 18 heavy (non-hydrogen) atoms. The average molecular weight is 262 g/mol. The number of benzene rings is 1. The SMILES string of the molecule is Cc1cccc(C)c1N=C1SCC(=O)N1C(C)C. The third-order valence-electron chi connectivity index (χ3n) is 2.96. The van der Waals surface area contributed by atoms with E-state index in [1.807, 2.05) is 45.9 Å². The highest BCUT2D eigenvalue weighted by Crippen LogP contribution is 2.29. The lowest BCUT2D eigenvalue weighted by Crippen LogP contribution is -2.35. The number of aryl methyl sites for hydroxylation is 2. The Morgan fingerprint density at radius 2 is 1.89 bits per heavy atom. The van der Waals surface area contributed by atoms with E-state index in [1.54, 1.807) is 4.90 Å². The molecule has 1 aliphatic heterocycles. The van der Waals surface area contributed by atoms with Crippen molar-refractivity contribution in [1.82, 2.24) is 4.90 Å². The first-order valence-electron chi connectivity index (χ1n) is 6.10. The van der Waals surface area contributed by atoms with Crippen LogP contribution in [0, 0.1) is 13.8 Å². The van der Waals surface area contributed by atoms with Gasteiger partial charge < -0.3 is 0 Å². The van der Waals surface area contributed by atoms with Crippen LogP contribution in [0.1, 0.15) is 25.0 Å². The topological polar surface area (TPSA) is 32.7 Å². The predicted molar refractivity (Wildman–Crippen MR) is 77.5 cm³/mol. The molecule has 1 fully saturated rings. The molecule has 1 aliphatic rings. The smallest absolute Gasteiger partial charge is 0.239 e. The van der Waals surface area contributed by atoms with Gasteiger partial charge in [0.05, 0.1) is 11.4 Å². The molecule has 0 aliphatic carbocycles. The first-order chi connectivity index (χ1) is 8.50. The van der Waals surface area contributed by atoms with Crippen molar-refractivity contribution in [3.63, 3.8) is 0 Å². The molecule has 0 aromatic heterocycles. The first-order valence-corrected chi connectivity index (χ1v) is 7.09. The van der Waals surface area contributed by atoms with Crippen LogP contribution in [0.15, 0.2) is 23.2 Å². The van der Waals surface area contributed by atoms with Crippen LogP contribution in [0.4, 0.5) is 5.69 Å². The maximum Gasteiger partial charge on any atom is 0.239 e. The summed E-state index contributed by atoms with van der Waals surface area (Å²) in [5.41, 5.74) is 3.28. The van der Waals surface area contributed by atoms with Gasteiger partial charge in [-0.25, -0.2) is 4.99 Å². The number of rotatable bonds is 2. The van der Waals surface area contributed by atoms with Crippen molar-refractivity contribution >= 4 is 28.5 Å². The van der Waals surface area contributed by atoms with E-state index in [9.17, 15) is 4.79 Å². The van der Waals surface area contributed by atoms with Crippen LogP contribution >= 0.6 is 11.8 Å². The number of carbonyl (C=O) groups excluding carboxylic acids is 1. The summed E-state index contributed by atoms with van der Waals surface area (Å²) >= 11 is 1.53. The average Bonchev–Trinajstić information content (AvgIpc) is 2.65. The number of nitrogens with zero attached hydrogens (tertiary/aromatic N) is 2. The number of hydrogen-bond acceptors (Lipinski definition) is 3. The summed E-state index contributed by atoms with van der Waals surface area (Å²) in [7, 11) is 0. The van der Waals surface area contributed by atoms with Gasteiger partial charge in [-0.2, -0.15) is 0 Å². The molecule has 0 spiro atoms. The van der Waals surface area contributed by atoms with E-state index in [-0.39, 0.29) is 11.9 Å². The van der Waals surface area contributed by atoms with Crippen molar-refractivity contribution in [2.45, 2.75) is 33.7 Å². The number of para-hydroxylation sites is 1. The van der Waals surface area contributed by atoms with E-state index in [0.29, 0.717) is 5.75 Å². The molecule has 1 heterocycles. The highest BCUT2D eigenvalue weighted by Gasteiger charge is 2.30. The Balaban J connectivity index is 2.42. The van der Waals surface area contributed by atoms with Gasteiger partial charge in [0.25, 0.3) is 0 Å². The van der Waals surface area contributed by atoms with Crippen LogP contribution in [0.25, 0.3) is 0 Å². The molecular weight excluding hydrogens is 244 g/mol. The van der Waals surface area contributed by atoms with Crippen LogP contribution in [0.5, 0.6) is 0 Å². The zero-order valence-corrected chi connectivity index (χ0v) is 12.0. The summed E-state index contributed by atoms with van der Waals surface area (Å²) < 4.78 is 0. The maximum atomic E-state index is 11.8. The van der Waals surface area contributed by atoms with Gasteiger partial charge in [-0.1, -0.05) is 30.0 Å². The van der Waals surface area contributed by atoms with E-state index in [2.05, 4.69) is 0 Å². The van der Waals surface area contributed by atoms with Crippen molar-refractivity contribution in [2.24, 2.45) is 4.99 Å². The minimum Gasteiger partial charge on any atom is -0.288 e. The summed E-state index contributed by atoms with van der Waals surface area (Å²) in [6.07, 6.45) is 0. The van der Waals surface area contributed by atoms with Gasteiger partial charge in [-0.3, -0.25) is 9.69 Å². The van der Waals surface area contributed by atoms with E-state index < -0.39 is 0 Å². The van der Waals surface area contributed by atoms with Gasteiger partial charge in [0.2, 0.25) is 5.91 Å². The molecule has 0 bridgehead atoms. The van der Waals surface area contributed by atoms with Gasteiger partial charge in [0.1, 0.15) is 0 Å². The Morgan fingerprint density at radius 1 is 1.28 bits per heavy atom. The zero-order valence-electron chi connectivity index (χ0n) is 11.2. The highest BCUT2D eigenvalue weighted by atomic mass is 32.2. The zero-order chi connectivity index (χ0) is 13.3. The Morgan fingerprint density at radius 3 is 2.44 bits per heavy atom. The molecule has 1 amide bonds. The summed E-state index contributed by atoms with van der Waals surface area (Å²) in [5, 5.41) is 0.826. The summed E-state index contributed by atoms with van der Waals surface area (Å²) in [5.74, 6) is 0.655. The van der Waals surface area contributed by atoms with E-state index >= 15 is 0 Å². The minimum atomic E-state index is 0.153. The molecule has 0 unspecified atom stereocenters. The summed E-state index contributed by atoms with van der Waals surface area (Å²) in [6.45, 7) is 8.13. The number of aliphatic imine (C=N–C) groups is 1. The Bertz CT molecular complexity index is 488. The van der Waals surface area contributed by atoms with Gasteiger partial charge in [0, 0.05) is 6.04 Å². The lowest BCUT2D eigenvalue weighted by Gasteiger charge is -2.20. The second-order valence-corrected chi connectivity index (χ2v) is 5.72. The van der Waals surface area contributed by atoms with Gasteiger partial charge >= 0.3 is 0 Å². The Hall–Kier alpha value is -1.29. The third-order valence-corrected chi connectivity index (χ3v) is 3.90. The van der Waals surface area contributed by atoms with Crippen molar-refractivity contribution < 1.29 is 4.79 Å². The molecule has 0 radical (unpaired) electrons. The van der Waals surface area contributed by atoms with Crippen LogP contribution in [-0.4, -0.2) is 27.8 Å². The van der Waals surface area contributed by atoms with Crippen LogP contribution in [0.2, 0.25) is 0 Å². The number of thioether (sulfide) groups is 1. The van der Waals surface area contributed by atoms with Crippen molar-refractivity contribution in [2.75, 3.05) is 5.75 Å². The standard InChI is InChI=1S/C14H18N2OS/c1-9(2)16-12(17)8-18-14(16)15-13-10(3)6-5-7-11(13)4/h5-7,9H,8H2,1-4H3. The number of amides is 1. The third kappa shape index (κ3) is 2.43. The molecule has 3 nitrogen and oxygen atoms in total. The molecule has 1 saturated heterocycles. The summed E-state index contributed by atoms with van der Waals surface area (Å²) in [4.78, 5) is 18.3. The lowest BCUT2D eigenvalue weighted by atomic mass is 10.1. The van der Waals surface area contributed by atoms with Gasteiger partial charge in [-0.05, 0) is 38.8 Å². The second kappa shape index (κ2) is 5.14. The fourth-order valence-electron chi connectivity index (χ4n) is 2.04. The lowest BCUT2D eigenvalue weighted by molar-refractivity contribution is -0.125. The Kier molecular flexibility index (Phi) is 3.76. The summed E-state index contributed by atoms with van der Waals surface area (Å²) in [6, 6.07) is 6.29. The number of amidine groups is 1. The van der Waals surface area contributed by atoms with Crippen LogP contribution < -0.4 is 0 Å². The van der Waals surface area contributed by atoms with Crippen molar-refractivity contribution in [1.29, 1.82) is 0 Å². The van der Waals surface area contributed by atoms with Crippen LogP contribution in [-0.2, 0) is 4.79 Å². The molecular formula is C14H18N2OS. The quantitative estimate of drug-likeness (QED) is 0.819. The largest absolute Gasteiger partial charge is 0.288 e. The number of hydrogen-bond donors (Lipinski definition) is 0. The molecule has 96 valence electrons. The highest BCUT2D eigenvalue weighted by molar-refractivity contribution is 8.15. The second-order valence-electron chi connectivity index (χ2n) is 4.78. The van der Waals surface area contributed by atoms with Gasteiger partial charge in [-0.15, -0.1) is 0 Å². The number of carbonyl (C=O) groups is 1. The normalized spacial score (nSPS) is 18.2.